The Hall–Kier alpha value is -3.08. The lowest BCUT2D eigenvalue weighted by Gasteiger charge is -2.21. The van der Waals surface area contributed by atoms with E-state index < -0.39 is 29.5 Å². The van der Waals surface area contributed by atoms with Crippen LogP contribution in [0.5, 0.6) is 0 Å². The lowest BCUT2D eigenvalue weighted by Crippen LogP contribution is -2.34. The van der Waals surface area contributed by atoms with Gasteiger partial charge in [0.05, 0.1) is 18.6 Å². The molecule has 0 aromatic heterocycles. The summed E-state index contributed by atoms with van der Waals surface area (Å²) in [7, 11) is 0. The molecule has 6 nitrogen and oxygen atoms in total. The van der Waals surface area contributed by atoms with Crippen LogP contribution in [-0.4, -0.2) is 34.0 Å². The summed E-state index contributed by atoms with van der Waals surface area (Å²) in [6.07, 6.45) is -1.22. The van der Waals surface area contributed by atoms with E-state index in [2.05, 4.69) is 4.79 Å². The van der Waals surface area contributed by atoms with Crippen LogP contribution in [0.25, 0.3) is 5.53 Å². The van der Waals surface area contributed by atoms with E-state index in [-0.39, 0.29) is 6.61 Å². The van der Waals surface area contributed by atoms with Crippen LogP contribution in [0.3, 0.4) is 0 Å². The molecule has 2 aromatic carbocycles. The second kappa shape index (κ2) is 8.68. The molecule has 0 aliphatic rings. The molecule has 0 fully saturated rings. The fourth-order valence-corrected chi connectivity index (χ4v) is 2.52. The molecule has 2 atom stereocenters. The number of Topliss-reactive ketones (excluding diaryl/α,β-unsaturated/α-hetero) is 1. The summed E-state index contributed by atoms with van der Waals surface area (Å²) in [5.41, 5.74) is 9.38. The van der Waals surface area contributed by atoms with E-state index in [0.29, 0.717) is 11.1 Å². The number of ether oxygens (including phenoxy) is 1. The van der Waals surface area contributed by atoms with Gasteiger partial charge in [0.2, 0.25) is 0 Å². The zero-order valence-corrected chi connectivity index (χ0v) is 13.7. The molecule has 0 bridgehead atoms. The monoisotopic (exact) mass is 338 g/mol. The lowest BCUT2D eigenvalue weighted by molar-refractivity contribution is -0.142. The first-order valence-electron chi connectivity index (χ1n) is 7.81. The molecule has 6 heteroatoms. The van der Waals surface area contributed by atoms with Gasteiger partial charge in [-0.25, -0.2) is 4.79 Å². The summed E-state index contributed by atoms with van der Waals surface area (Å²) < 4.78 is 4.76. The van der Waals surface area contributed by atoms with Crippen LogP contribution in [0.4, 0.5) is 0 Å². The highest BCUT2D eigenvalue weighted by molar-refractivity contribution is 6.63. The minimum absolute atomic E-state index is 0.0301. The highest BCUT2D eigenvalue weighted by Crippen LogP contribution is 2.32. The third-order valence-electron chi connectivity index (χ3n) is 3.70. The Labute approximate surface area is 145 Å². The van der Waals surface area contributed by atoms with Gasteiger partial charge in [-0.3, -0.25) is 4.79 Å². The van der Waals surface area contributed by atoms with E-state index in [1.54, 1.807) is 67.6 Å². The molecule has 2 aromatic rings. The zero-order chi connectivity index (χ0) is 18.2. The molecule has 0 aliphatic heterocycles. The number of aliphatic hydroxyl groups excluding tert-OH is 1. The molecule has 0 aliphatic carbocycles. The lowest BCUT2D eigenvalue weighted by atomic mass is 9.84. The van der Waals surface area contributed by atoms with Crippen LogP contribution < -0.4 is 0 Å². The third kappa shape index (κ3) is 4.26. The van der Waals surface area contributed by atoms with E-state index in [0.717, 1.165) is 0 Å². The summed E-state index contributed by atoms with van der Waals surface area (Å²) in [6, 6.07) is 17.1. The molecule has 0 spiro atoms. The van der Waals surface area contributed by atoms with Crippen molar-refractivity contribution >= 4 is 17.5 Å². The maximum Gasteiger partial charge on any atom is 0.442 e. The second-order valence-corrected chi connectivity index (χ2v) is 5.28. The molecule has 0 radical (unpaired) electrons. The minimum atomic E-state index is -1.22. The van der Waals surface area contributed by atoms with Gasteiger partial charge in [-0.15, -0.1) is 0 Å². The molecule has 2 rings (SSSR count). The molecule has 1 N–H and O–H groups in total. The van der Waals surface area contributed by atoms with Crippen LogP contribution in [0.1, 0.15) is 30.1 Å². The van der Waals surface area contributed by atoms with Gasteiger partial charge in [-0.2, -0.15) is 4.79 Å². The number of aliphatic hydroxyl groups is 1. The first-order chi connectivity index (χ1) is 12.1. The second-order valence-electron chi connectivity index (χ2n) is 5.28. The van der Waals surface area contributed by atoms with E-state index in [1.165, 1.54) is 0 Å². The van der Waals surface area contributed by atoms with Gasteiger partial charge < -0.3 is 15.4 Å². The maximum atomic E-state index is 12.9. The molecule has 0 unspecified atom stereocenters. The minimum Gasteiger partial charge on any atom is -0.457 e. The molecular weight excluding hydrogens is 320 g/mol. The summed E-state index contributed by atoms with van der Waals surface area (Å²) in [5.74, 6) is -2.96. The number of rotatable bonds is 7. The van der Waals surface area contributed by atoms with Crippen molar-refractivity contribution in [2.75, 3.05) is 6.61 Å². The third-order valence-corrected chi connectivity index (χ3v) is 3.70. The Balaban J connectivity index is 2.47. The van der Waals surface area contributed by atoms with Crippen molar-refractivity contribution in [3.8, 4) is 0 Å². The molecule has 0 heterocycles. The Morgan fingerprint density at radius 2 is 1.56 bits per heavy atom. The van der Waals surface area contributed by atoms with Crippen molar-refractivity contribution < 1.29 is 24.2 Å². The molecule has 128 valence electrons. The highest BCUT2D eigenvalue weighted by Gasteiger charge is 2.41. The largest absolute Gasteiger partial charge is 0.457 e. The number of carbonyl (C=O) groups is 2. The van der Waals surface area contributed by atoms with Gasteiger partial charge in [0, 0.05) is 0 Å². The van der Waals surface area contributed by atoms with Gasteiger partial charge in [0.25, 0.3) is 5.78 Å². The van der Waals surface area contributed by atoms with Gasteiger partial charge in [-0.1, -0.05) is 60.7 Å². The van der Waals surface area contributed by atoms with E-state index in [9.17, 15) is 14.7 Å². The van der Waals surface area contributed by atoms with Crippen molar-refractivity contribution in [2.45, 2.75) is 18.9 Å². The Kier molecular flexibility index (Phi) is 6.34. The number of hydrogen-bond donors (Lipinski definition) is 1. The topological polar surface area (TPSA) is 100 Å². The van der Waals surface area contributed by atoms with Crippen molar-refractivity contribution in [2.24, 2.45) is 0 Å². The predicted octanol–water partition coefficient (Wildman–Crippen LogP) is 2.31. The summed E-state index contributed by atoms with van der Waals surface area (Å²) in [4.78, 5) is 27.6. The molecule has 0 saturated carbocycles. The van der Waals surface area contributed by atoms with E-state index >= 15 is 0 Å². The van der Waals surface area contributed by atoms with Crippen molar-refractivity contribution in [1.29, 1.82) is 0 Å². The quantitative estimate of drug-likeness (QED) is 0.275. The number of carbonyl (C=O) groups excluding carboxylic acids is 2. The summed E-state index contributed by atoms with van der Waals surface area (Å²) in [5, 5.41) is 10.8. The van der Waals surface area contributed by atoms with Crippen LogP contribution in [-0.2, 0) is 14.3 Å². The average molecular weight is 338 g/mol. The molecule has 0 saturated heterocycles. The van der Waals surface area contributed by atoms with Gasteiger partial charge in [0.1, 0.15) is 0 Å². The van der Waals surface area contributed by atoms with E-state index in [1.807, 2.05) is 0 Å². The molecular formula is C19H18N2O4. The zero-order valence-electron chi connectivity index (χ0n) is 13.7. The van der Waals surface area contributed by atoms with Gasteiger partial charge in [0.15, 0.2) is 0 Å². The van der Waals surface area contributed by atoms with Gasteiger partial charge >= 0.3 is 11.7 Å². The van der Waals surface area contributed by atoms with Crippen molar-refractivity contribution in [3.63, 3.8) is 0 Å². The van der Waals surface area contributed by atoms with Gasteiger partial charge in [-0.05, 0) is 18.1 Å². The number of esters is 1. The highest BCUT2D eigenvalue weighted by atomic mass is 16.5. The fraction of sp³-hybridized carbons (Fsp3) is 0.211. The van der Waals surface area contributed by atoms with Crippen LogP contribution in [0.15, 0.2) is 60.7 Å². The molecule has 25 heavy (non-hydrogen) atoms. The number of ketones is 1. The number of hydrogen-bond acceptors (Lipinski definition) is 4. The Bertz CT molecular complexity index is 784. The van der Waals surface area contributed by atoms with Crippen LogP contribution >= 0.6 is 0 Å². The van der Waals surface area contributed by atoms with Crippen LogP contribution in [0.2, 0.25) is 0 Å². The fourth-order valence-electron chi connectivity index (χ4n) is 2.52. The van der Waals surface area contributed by atoms with Crippen molar-refractivity contribution in [1.82, 2.24) is 0 Å². The summed E-state index contributed by atoms with van der Waals surface area (Å²) in [6.45, 7) is 1.60. The predicted molar refractivity (Wildman–Crippen MR) is 90.9 cm³/mol. The normalized spacial score (nSPS) is 12.6. The average Bonchev–Trinajstić information content (AvgIpc) is 2.64. The number of benzene rings is 2. The first-order valence-corrected chi connectivity index (χ1v) is 7.81. The van der Waals surface area contributed by atoms with Crippen molar-refractivity contribution in [3.05, 3.63) is 77.3 Å². The standard InChI is InChI=1S/C19H18N2O4/c1-2-25-19(24)16(21-20)18(23)15(13-9-5-3-6-10-13)17(22)14-11-7-4-8-12-14/h3-12,15,17,22H,2H2,1H3/t15-,17+/m1/s1. The first kappa shape index (κ1) is 18.3. The SMILES string of the molecule is CCOC(=O)C(=[N+]=[N-])C(=O)[C@H](c1ccccc1)[C@@H](O)c1ccccc1. The Morgan fingerprint density at radius 3 is 2.04 bits per heavy atom. The van der Waals surface area contributed by atoms with Crippen LogP contribution in [0, 0.1) is 0 Å². The number of nitrogens with zero attached hydrogens (tertiary/aromatic N) is 2. The summed E-state index contributed by atoms with van der Waals surface area (Å²) >= 11 is 0. The smallest absolute Gasteiger partial charge is 0.442 e. The van der Waals surface area contributed by atoms with E-state index in [4.69, 9.17) is 10.3 Å². The Morgan fingerprint density at radius 1 is 1.04 bits per heavy atom. The maximum absolute atomic E-state index is 12.9. The molecule has 0 amide bonds.